The van der Waals surface area contributed by atoms with Crippen LogP contribution in [0.25, 0.3) is 11.1 Å². The molecule has 5 rings (SSSR count). The molecule has 14 heteroatoms. The Morgan fingerprint density at radius 3 is 2.60 bits per heavy atom. The fraction of sp³-hybridized carbons (Fsp3) is 0.290. The molecular weight excluding hydrogens is 600 g/mol. The first kappa shape index (κ1) is 31.3. The fourth-order valence-corrected chi connectivity index (χ4v) is 5.82. The summed E-state index contributed by atoms with van der Waals surface area (Å²) in [7, 11) is -2.40. The Morgan fingerprint density at radius 1 is 1.11 bits per heavy atom. The predicted octanol–water partition coefficient (Wildman–Crippen LogP) is 3.39. The molecule has 236 valence electrons. The van der Waals surface area contributed by atoms with Crippen LogP contribution in [0.4, 0.5) is 11.7 Å². The summed E-state index contributed by atoms with van der Waals surface area (Å²) in [4.78, 5) is 32.6. The molecule has 1 aromatic heterocycles. The Morgan fingerprint density at radius 2 is 1.89 bits per heavy atom. The van der Waals surface area contributed by atoms with Crippen molar-refractivity contribution in [3.05, 3.63) is 78.4 Å². The Hall–Kier alpha value is -5.11. The number of aromatic nitrogens is 1. The van der Waals surface area contributed by atoms with Crippen molar-refractivity contribution in [1.82, 2.24) is 15.6 Å². The lowest BCUT2D eigenvalue weighted by atomic mass is 10.1. The molecule has 3 aromatic carbocycles. The molecule has 2 heterocycles. The van der Waals surface area contributed by atoms with Crippen LogP contribution in [0.3, 0.4) is 0 Å². The number of rotatable bonds is 13. The quantitative estimate of drug-likeness (QED) is 0.160. The molecule has 1 aliphatic rings. The minimum absolute atomic E-state index is 0.0215. The van der Waals surface area contributed by atoms with E-state index < -0.39 is 22.0 Å². The number of ether oxygens (including phenoxy) is 1. The van der Waals surface area contributed by atoms with E-state index in [0.717, 1.165) is 18.5 Å². The maximum Gasteiger partial charge on any atom is 0.326 e. The molecule has 0 fully saturated rings. The number of fused-ring (bicyclic) bond motifs is 1. The highest BCUT2D eigenvalue weighted by Crippen LogP contribution is 2.27. The number of nitrogens with zero attached hydrogens (tertiary/aromatic N) is 3. The summed E-state index contributed by atoms with van der Waals surface area (Å²) in [5, 5.41) is 18.4. The summed E-state index contributed by atoms with van der Waals surface area (Å²) >= 11 is 0. The number of hydrogen-bond donors (Lipinski definition) is 4. The second-order valence-corrected chi connectivity index (χ2v) is 12.3. The van der Waals surface area contributed by atoms with Gasteiger partial charge < -0.3 is 24.9 Å². The first-order valence-corrected chi connectivity index (χ1v) is 15.9. The largest absolute Gasteiger partial charge is 0.494 e. The van der Waals surface area contributed by atoms with Gasteiger partial charge in [0.05, 0.1) is 17.2 Å². The highest BCUT2D eigenvalue weighted by atomic mass is 32.2. The maximum absolute atomic E-state index is 13.2. The van der Waals surface area contributed by atoms with Gasteiger partial charge in [0.1, 0.15) is 17.3 Å². The van der Waals surface area contributed by atoms with Gasteiger partial charge in [0.15, 0.2) is 11.5 Å². The number of aliphatic carboxylic acids is 1. The van der Waals surface area contributed by atoms with Gasteiger partial charge in [-0.2, -0.15) is 4.98 Å². The number of guanidine groups is 1. The summed E-state index contributed by atoms with van der Waals surface area (Å²) in [6.07, 6.45) is 1.88. The van der Waals surface area contributed by atoms with Gasteiger partial charge in [0.2, 0.25) is 5.91 Å². The third-order valence-electron chi connectivity index (χ3n) is 7.07. The monoisotopic (exact) mass is 634 g/mol. The maximum atomic E-state index is 13.2. The molecule has 0 bridgehead atoms. The van der Waals surface area contributed by atoms with E-state index in [1.54, 1.807) is 54.6 Å². The van der Waals surface area contributed by atoms with Crippen LogP contribution in [0, 0.1) is 0 Å². The lowest BCUT2D eigenvalue weighted by molar-refractivity contribution is -0.138. The van der Waals surface area contributed by atoms with Crippen molar-refractivity contribution in [1.29, 1.82) is 0 Å². The second kappa shape index (κ2) is 14.1. The predicted molar refractivity (Wildman–Crippen MR) is 169 cm³/mol. The van der Waals surface area contributed by atoms with E-state index in [4.69, 9.17) is 9.15 Å². The molecule has 1 aliphatic heterocycles. The van der Waals surface area contributed by atoms with Crippen molar-refractivity contribution in [2.75, 3.05) is 36.4 Å². The fourth-order valence-electron chi connectivity index (χ4n) is 4.60. The highest BCUT2D eigenvalue weighted by molar-refractivity contribution is 7.92. The number of sulfonamides is 1. The van der Waals surface area contributed by atoms with Crippen molar-refractivity contribution < 1.29 is 32.3 Å². The number of hydrogen-bond acceptors (Lipinski definition) is 10. The lowest BCUT2D eigenvalue weighted by Crippen LogP contribution is -2.43. The number of aliphatic imine (C=N–C) groups is 1. The van der Waals surface area contributed by atoms with Gasteiger partial charge in [-0.1, -0.05) is 30.3 Å². The molecule has 0 saturated carbocycles. The van der Waals surface area contributed by atoms with Gasteiger partial charge in [0.25, 0.3) is 16.0 Å². The average Bonchev–Trinajstić information content (AvgIpc) is 3.46. The third-order valence-corrected chi connectivity index (χ3v) is 8.85. The average molecular weight is 635 g/mol. The summed E-state index contributed by atoms with van der Waals surface area (Å²) < 4.78 is 39.0. The Bertz CT molecular complexity index is 1780. The molecule has 45 heavy (non-hydrogen) atoms. The molecule has 0 unspecified atom stereocenters. The van der Waals surface area contributed by atoms with E-state index in [1.807, 2.05) is 0 Å². The number of benzene rings is 3. The molecule has 1 amide bonds. The normalized spacial score (nSPS) is 13.8. The van der Waals surface area contributed by atoms with Crippen molar-refractivity contribution in [3.63, 3.8) is 0 Å². The highest BCUT2D eigenvalue weighted by Gasteiger charge is 2.24. The number of carbonyl (C=O) groups is 2. The first-order valence-electron chi connectivity index (χ1n) is 14.4. The number of oxazole rings is 1. The van der Waals surface area contributed by atoms with Gasteiger partial charge in [-0.25, -0.2) is 13.2 Å². The molecule has 0 spiro atoms. The van der Waals surface area contributed by atoms with Crippen molar-refractivity contribution in [3.8, 4) is 5.75 Å². The molecule has 13 nitrogen and oxygen atoms in total. The zero-order chi connectivity index (χ0) is 31.8. The lowest BCUT2D eigenvalue weighted by Gasteiger charge is -2.19. The van der Waals surface area contributed by atoms with Crippen LogP contribution in [0.5, 0.6) is 5.75 Å². The van der Waals surface area contributed by atoms with Crippen LogP contribution in [0.15, 0.2) is 87.1 Å². The minimum atomic E-state index is -3.87. The minimum Gasteiger partial charge on any atom is -0.494 e. The summed E-state index contributed by atoms with van der Waals surface area (Å²) in [6, 6.07) is 18.9. The van der Waals surface area contributed by atoms with Gasteiger partial charge in [-0.3, -0.25) is 19.4 Å². The van der Waals surface area contributed by atoms with Crippen molar-refractivity contribution in [2.45, 2.75) is 36.6 Å². The Kier molecular flexibility index (Phi) is 9.82. The summed E-state index contributed by atoms with van der Waals surface area (Å²) in [5.41, 5.74) is 1.81. The summed E-state index contributed by atoms with van der Waals surface area (Å²) in [5.74, 6) is -0.132. The number of carbonyl (C=O) groups excluding carboxylic acids is 1. The number of para-hydroxylation sites is 1. The standard InChI is InChI=1S/C31H34N6O7S/c1-37(22-7-3-2-4-8-22)45(41,42)24-14-15-27-25(20-24)34-31(44-27)35-26(29(39)40)19-21-10-12-23(13-11-21)43-18-5-9-28(38)36-30-32-16-6-17-33-30/h2-4,7-8,10-15,20,26H,5-6,9,16-19H2,1H3,(H,34,35)(H,39,40)(H2,32,33,36,38)/t26-/m0/s1. The Labute approximate surface area is 260 Å². The van der Waals surface area contributed by atoms with E-state index in [2.05, 4.69) is 25.9 Å². The Balaban J connectivity index is 1.15. The van der Waals surface area contributed by atoms with Gasteiger partial charge >= 0.3 is 5.97 Å². The van der Waals surface area contributed by atoms with Crippen LogP contribution in [-0.4, -0.2) is 69.1 Å². The molecule has 0 aliphatic carbocycles. The number of carboxylic acid groups (broad SMARTS) is 1. The smallest absolute Gasteiger partial charge is 0.326 e. The summed E-state index contributed by atoms with van der Waals surface area (Å²) in [6.45, 7) is 1.83. The van der Waals surface area contributed by atoms with Crippen molar-refractivity contribution in [2.24, 2.45) is 4.99 Å². The van der Waals surface area contributed by atoms with E-state index in [9.17, 15) is 23.1 Å². The van der Waals surface area contributed by atoms with Gasteiger partial charge in [0, 0.05) is 33.0 Å². The zero-order valence-electron chi connectivity index (χ0n) is 24.6. The second-order valence-electron chi connectivity index (χ2n) is 10.4. The van der Waals surface area contributed by atoms with E-state index in [0.29, 0.717) is 49.0 Å². The van der Waals surface area contributed by atoms with Crippen molar-refractivity contribution >= 4 is 50.7 Å². The topological polar surface area (TPSA) is 175 Å². The van der Waals surface area contributed by atoms with Crippen LogP contribution >= 0.6 is 0 Å². The van der Waals surface area contributed by atoms with E-state index in [1.165, 1.54) is 29.6 Å². The molecule has 0 radical (unpaired) electrons. The SMILES string of the molecule is CN(c1ccccc1)S(=O)(=O)c1ccc2oc(N[C@@H](Cc3ccc(OCCCC(=O)NC4=NCCCN4)cc3)C(=O)O)nc2c1. The number of anilines is 2. The van der Waals surface area contributed by atoms with Crippen LogP contribution < -0.4 is 25.0 Å². The number of carboxylic acids is 1. The van der Waals surface area contributed by atoms with Gasteiger partial charge in [-0.05, 0) is 60.9 Å². The van der Waals surface area contributed by atoms with Crippen LogP contribution in [-0.2, 0) is 26.0 Å². The molecule has 1 atom stereocenters. The molecule has 4 aromatic rings. The number of nitrogens with one attached hydrogen (secondary N) is 3. The van der Waals surface area contributed by atoms with E-state index >= 15 is 0 Å². The third kappa shape index (κ3) is 8.09. The zero-order valence-corrected chi connectivity index (χ0v) is 25.4. The van der Waals surface area contributed by atoms with Crippen LogP contribution in [0.2, 0.25) is 0 Å². The van der Waals surface area contributed by atoms with Gasteiger partial charge in [-0.15, -0.1) is 0 Å². The molecule has 4 N–H and O–H groups in total. The van der Waals surface area contributed by atoms with Crippen LogP contribution in [0.1, 0.15) is 24.8 Å². The molecule has 0 saturated heterocycles. The van der Waals surface area contributed by atoms with E-state index in [-0.39, 0.29) is 28.8 Å². The first-order chi connectivity index (χ1) is 21.7. The molecular formula is C31H34N6O7S. The number of amides is 1.